The van der Waals surface area contributed by atoms with E-state index in [4.69, 9.17) is 8.83 Å². The summed E-state index contributed by atoms with van der Waals surface area (Å²) in [5.74, 6) is 2.56. The molecule has 2 heterocycles. The van der Waals surface area contributed by atoms with Crippen LogP contribution in [-0.4, -0.2) is 0 Å². The van der Waals surface area contributed by atoms with Crippen molar-refractivity contribution in [3.63, 3.8) is 0 Å². The van der Waals surface area contributed by atoms with Gasteiger partial charge in [0.15, 0.2) is 0 Å². The van der Waals surface area contributed by atoms with Gasteiger partial charge in [0, 0.05) is 56.2 Å². The molecule has 7 aromatic carbocycles. The van der Waals surface area contributed by atoms with E-state index in [-0.39, 0.29) is 5.92 Å². The zero-order valence-corrected chi connectivity index (χ0v) is 37.0. The first-order chi connectivity index (χ1) is 32.0. The van der Waals surface area contributed by atoms with Crippen LogP contribution in [0, 0.1) is 5.92 Å². The fourth-order valence-electron chi connectivity index (χ4n) is 11.0. The van der Waals surface area contributed by atoms with Gasteiger partial charge in [0.25, 0.3) is 0 Å². The number of furan rings is 2. The molecule has 3 unspecified atom stereocenters. The largest absolute Gasteiger partial charge is 0.460 e. The quantitative estimate of drug-likeness (QED) is 0.153. The molecule has 3 aliphatic carbocycles. The van der Waals surface area contributed by atoms with Crippen molar-refractivity contribution >= 4 is 55.4 Å². The molecular formula is C62H51NO2. The van der Waals surface area contributed by atoms with Crippen LogP contribution >= 0.6 is 0 Å². The third-order valence-electron chi connectivity index (χ3n) is 14.2. The van der Waals surface area contributed by atoms with Gasteiger partial charge in [0.1, 0.15) is 22.5 Å². The summed E-state index contributed by atoms with van der Waals surface area (Å²) in [7, 11) is 0. The molecule has 0 saturated heterocycles. The Morgan fingerprint density at radius 3 is 1.97 bits per heavy atom. The second-order valence-corrected chi connectivity index (χ2v) is 18.5. The van der Waals surface area contributed by atoms with Crippen molar-refractivity contribution in [2.24, 2.45) is 5.92 Å². The molecule has 0 saturated carbocycles. The Balaban J connectivity index is 0.837. The highest BCUT2D eigenvalue weighted by Crippen LogP contribution is 2.44. The number of allylic oxidation sites excluding steroid dienone is 8. The SMILES string of the molecule is CC1Cc2c(oc3cc(-c4ccc(N(C5=CC=C(c6ccccc6)CC5)c5ccc(-c6cccc(C7=CC=CC(c8cccc9c8oc8ccccc89)C7)c6)cc5)cc4)ccc23)C(C)C1. The predicted molar refractivity (Wildman–Crippen MR) is 271 cm³/mol. The zero-order valence-electron chi connectivity index (χ0n) is 37.0. The summed E-state index contributed by atoms with van der Waals surface area (Å²) in [5, 5.41) is 3.63. The average molecular weight is 842 g/mol. The van der Waals surface area contributed by atoms with Crippen molar-refractivity contribution < 1.29 is 8.83 Å². The highest BCUT2D eigenvalue weighted by atomic mass is 16.3. The molecule has 0 amide bonds. The summed E-state index contributed by atoms with van der Waals surface area (Å²) in [4.78, 5) is 2.44. The summed E-state index contributed by atoms with van der Waals surface area (Å²) in [6, 6.07) is 59.8. The first kappa shape index (κ1) is 39.2. The summed E-state index contributed by atoms with van der Waals surface area (Å²) < 4.78 is 13.0. The molecule has 316 valence electrons. The lowest BCUT2D eigenvalue weighted by atomic mass is 9.82. The van der Waals surface area contributed by atoms with Crippen LogP contribution in [0.1, 0.15) is 79.4 Å². The monoisotopic (exact) mass is 841 g/mol. The van der Waals surface area contributed by atoms with E-state index in [1.165, 1.54) is 89.7 Å². The molecule has 0 aliphatic heterocycles. The maximum Gasteiger partial charge on any atom is 0.139 e. The van der Waals surface area contributed by atoms with E-state index in [0.29, 0.717) is 11.8 Å². The van der Waals surface area contributed by atoms with Gasteiger partial charge in [-0.2, -0.15) is 0 Å². The summed E-state index contributed by atoms with van der Waals surface area (Å²) in [6.07, 6.45) is 16.6. The molecule has 3 heteroatoms. The number of benzene rings is 7. The average Bonchev–Trinajstić information content (AvgIpc) is 3.94. The fourth-order valence-corrected chi connectivity index (χ4v) is 11.0. The van der Waals surface area contributed by atoms with Gasteiger partial charge in [0.05, 0.1) is 0 Å². The molecular weight excluding hydrogens is 791 g/mol. The highest BCUT2D eigenvalue weighted by Gasteiger charge is 2.28. The van der Waals surface area contributed by atoms with Gasteiger partial charge in [-0.3, -0.25) is 0 Å². The fraction of sp³-hybridized carbons (Fsp3) is 0.161. The zero-order chi connectivity index (χ0) is 43.4. The predicted octanol–water partition coefficient (Wildman–Crippen LogP) is 17.4. The molecule has 0 spiro atoms. The third-order valence-corrected chi connectivity index (χ3v) is 14.2. The van der Waals surface area contributed by atoms with Crippen LogP contribution in [-0.2, 0) is 6.42 Å². The molecule has 3 nitrogen and oxygen atoms in total. The van der Waals surface area contributed by atoms with Crippen LogP contribution in [0.3, 0.4) is 0 Å². The Labute approximate surface area is 381 Å². The topological polar surface area (TPSA) is 29.5 Å². The maximum atomic E-state index is 6.54. The van der Waals surface area contributed by atoms with Crippen molar-refractivity contribution in [1.29, 1.82) is 0 Å². The van der Waals surface area contributed by atoms with Crippen LogP contribution in [0.25, 0.3) is 66.3 Å². The smallest absolute Gasteiger partial charge is 0.139 e. The molecule has 0 bridgehead atoms. The molecule has 3 aliphatic rings. The number of anilines is 2. The van der Waals surface area contributed by atoms with Crippen molar-refractivity contribution in [3.05, 3.63) is 228 Å². The Morgan fingerprint density at radius 1 is 0.492 bits per heavy atom. The molecule has 12 rings (SSSR count). The molecule has 0 N–H and O–H groups in total. The lowest BCUT2D eigenvalue weighted by Gasteiger charge is -2.30. The normalized spacial score (nSPS) is 18.4. The summed E-state index contributed by atoms with van der Waals surface area (Å²) >= 11 is 0. The lowest BCUT2D eigenvalue weighted by molar-refractivity contribution is 0.388. The Hall–Kier alpha value is -7.36. The minimum atomic E-state index is 0.229. The minimum Gasteiger partial charge on any atom is -0.460 e. The number of nitrogens with zero attached hydrogens (tertiary/aromatic N) is 1. The lowest BCUT2D eigenvalue weighted by Crippen LogP contribution is -2.17. The number of para-hydroxylation sites is 2. The van der Waals surface area contributed by atoms with Gasteiger partial charge in [-0.25, -0.2) is 0 Å². The molecule has 65 heavy (non-hydrogen) atoms. The van der Waals surface area contributed by atoms with Gasteiger partial charge < -0.3 is 13.7 Å². The number of rotatable bonds is 8. The first-order valence-electron chi connectivity index (χ1n) is 23.4. The van der Waals surface area contributed by atoms with E-state index in [9.17, 15) is 0 Å². The molecule has 2 aromatic heterocycles. The van der Waals surface area contributed by atoms with Crippen LogP contribution in [0.2, 0.25) is 0 Å². The van der Waals surface area contributed by atoms with E-state index in [1.807, 2.05) is 6.07 Å². The van der Waals surface area contributed by atoms with Crippen molar-refractivity contribution in [3.8, 4) is 22.3 Å². The maximum absolute atomic E-state index is 6.54. The second kappa shape index (κ2) is 16.3. The standard InChI is InChI=1S/C62H51NO2/c1-40-35-41(2)61-58(36-40)56-34-27-49(39-60(56)65-61)45-25-32-53(33-26-45)63(51-28-21-43(22-29-51)42-11-4-3-5-12-42)52-30-23-44(24-31-52)46-13-8-14-47(37-46)48-15-9-16-50(38-48)54-18-10-19-57-55-17-6-7-20-59(55)64-62(54)57/h3-21,23-28,30-34,37,39-41,50H,22,29,35-36,38H2,1-2H3. The van der Waals surface area contributed by atoms with Crippen molar-refractivity contribution in [1.82, 2.24) is 0 Å². The van der Waals surface area contributed by atoms with E-state index in [1.54, 1.807) is 0 Å². The van der Waals surface area contributed by atoms with Crippen LogP contribution in [0.15, 0.2) is 209 Å². The Bertz CT molecular complexity index is 3370. The molecule has 0 fully saturated rings. The van der Waals surface area contributed by atoms with E-state index in [0.717, 1.165) is 53.8 Å². The number of fused-ring (bicyclic) bond motifs is 6. The Kier molecular flexibility index (Phi) is 9.86. The highest BCUT2D eigenvalue weighted by molar-refractivity contribution is 6.06. The van der Waals surface area contributed by atoms with Gasteiger partial charge in [-0.15, -0.1) is 0 Å². The molecule has 9 aromatic rings. The van der Waals surface area contributed by atoms with Gasteiger partial charge in [-0.1, -0.05) is 159 Å². The summed E-state index contributed by atoms with van der Waals surface area (Å²) in [6.45, 7) is 4.67. The second-order valence-electron chi connectivity index (χ2n) is 18.5. The first-order valence-corrected chi connectivity index (χ1v) is 23.4. The van der Waals surface area contributed by atoms with E-state index in [2.05, 4.69) is 207 Å². The third kappa shape index (κ3) is 7.26. The van der Waals surface area contributed by atoms with Crippen molar-refractivity contribution in [2.45, 2.75) is 57.8 Å². The summed E-state index contributed by atoms with van der Waals surface area (Å²) in [5.41, 5.74) is 19.2. The van der Waals surface area contributed by atoms with E-state index < -0.39 is 0 Å². The van der Waals surface area contributed by atoms with Gasteiger partial charge in [-0.05, 0) is 131 Å². The number of hydrogen-bond acceptors (Lipinski definition) is 3. The van der Waals surface area contributed by atoms with E-state index >= 15 is 0 Å². The number of hydrogen-bond donors (Lipinski definition) is 0. The molecule has 3 atom stereocenters. The van der Waals surface area contributed by atoms with Crippen LogP contribution in [0.5, 0.6) is 0 Å². The van der Waals surface area contributed by atoms with Gasteiger partial charge >= 0.3 is 0 Å². The minimum absolute atomic E-state index is 0.229. The Morgan fingerprint density at radius 2 is 1.18 bits per heavy atom. The van der Waals surface area contributed by atoms with Crippen molar-refractivity contribution in [2.75, 3.05) is 4.90 Å². The van der Waals surface area contributed by atoms with Crippen LogP contribution < -0.4 is 4.90 Å². The van der Waals surface area contributed by atoms with Gasteiger partial charge in [0.2, 0.25) is 0 Å². The van der Waals surface area contributed by atoms with Crippen LogP contribution in [0.4, 0.5) is 11.4 Å². The molecule has 0 radical (unpaired) electrons.